The molecule has 6 aromatic carbocycles. The molecule has 46 heavy (non-hydrogen) atoms. The van der Waals surface area contributed by atoms with Crippen LogP contribution in [-0.4, -0.2) is 22.2 Å². The Bertz CT molecular complexity index is 1930. The molecular weight excluding hydrogens is 576 g/mol. The monoisotopic (exact) mass is 604 g/mol. The number of carbonyl (C=O) groups is 2. The molecule has 1 aliphatic carbocycles. The van der Waals surface area contributed by atoms with Crippen LogP contribution < -0.4 is 9.47 Å². The zero-order valence-electron chi connectivity index (χ0n) is 24.6. The van der Waals surface area contributed by atoms with Crippen molar-refractivity contribution in [1.29, 1.82) is 0 Å². The van der Waals surface area contributed by atoms with Crippen LogP contribution in [0.15, 0.2) is 146 Å². The normalized spacial score (nSPS) is 12.8. The lowest BCUT2D eigenvalue weighted by molar-refractivity contribution is 0.0686. The van der Waals surface area contributed by atoms with E-state index in [2.05, 4.69) is 72.8 Å². The maximum atomic E-state index is 11.5. The number of hydrogen-bond acceptors (Lipinski definition) is 4. The van der Waals surface area contributed by atoms with Crippen LogP contribution in [0.3, 0.4) is 0 Å². The lowest BCUT2D eigenvalue weighted by Gasteiger charge is -2.42. The Morgan fingerprint density at radius 3 is 1.30 bits per heavy atom. The fourth-order valence-electron chi connectivity index (χ4n) is 6.42. The zero-order chi connectivity index (χ0) is 31.7. The van der Waals surface area contributed by atoms with E-state index in [0.717, 1.165) is 17.5 Å². The van der Waals surface area contributed by atoms with Crippen molar-refractivity contribution in [1.82, 2.24) is 0 Å². The van der Waals surface area contributed by atoms with Gasteiger partial charge in [-0.05, 0) is 100 Å². The van der Waals surface area contributed by atoms with E-state index in [1.807, 2.05) is 24.3 Å². The van der Waals surface area contributed by atoms with Gasteiger partial charge in [-0.3, -0.25) is 0 Å². The highest BCUT2D eigenvalue weighted by Crippen LogP contribution is 2.51. The summed E-state index contributed by atoms with van der Waals surface area (Å²) in [5.41, 5.74) is 6.57. The number of aromatic carboxylic acids is 2. The van der Waals surface area contributed by atoms with Crippen LogP contribution in [0.2, 0.25) is 0 Å². The zero-order valence-corrected chi connectivity index (χ0v) is 24.6. The Kier molecular flexibility index (Phi) is 7.31. The first-order valence-electron chi connectivity index (χ1n) is 14.8. The first kappa shape index (κ1) is 28.6. The highest BCUT2D eigenvalue weighted by atomic mass is 16.5. The molecule has 6 aromatic rings. The van der Waals surface area contributed by atoms with Gasteiger partial charge in [-0.2, -0.15) is 0 Å². The minimum atomic E-state index is -1.01. The molecule has 0 radical (unpaired) electrons. The van der Waals surface area contributed by atoms with Crippen LogP contribution in [-0.2, 0) is 11.8 Å². The van der Waals surface area contributed by atoms with E-state index in [-0.39, 0.29) is 11.1 Å². The molecule has 2 N–H and O–H groups in total. The summed E-state index contributed by atoms with van der Waals surface area (Å²) in [6, 6.07) is 45.8. The lowest BCUT2D eigenvalue weighted by atomic mass is 9.60. The van der Waals surface area contributed by atoms with Gasteiger partial charge in [0.05, 0.1) is 16.5 Å². The van der Waals surface area contributed by atoms with Crippen molar-refractivity contribution in [3.05, 3.63) is 190 Å². The summed E-state index contributed by atoms with van der Waals surface area (Å²) in [6.07, 6.45) is 0.816. The maximum Gasteiger partial charge on any atom is 0.335 e. The molecule has 0 bridgehead atoms. The highest BCUT2D eigenvalue weighted by molar-refractivity contribution is 5.88. The molecule has 7 rings (SSSR count). The summed E-state index contributed by atoms with van der Waals surface area (Å²) in [7, 11) is 0. The molecule has 6 nitrogen and oxygen atoms in total. The second-order valence-electron chi connectivity index (χ2n) is 11.2. The highest BCUT2D eigenvalue weighted by Gasteiger charge is 2.43. The topological polar surface area (TPSA) is 93.1 Å². The van der Waals surface area contributed by atoms with Crippen molar-refractivity contribution in [2.45, 2.75) is 11.8 Å². The van der Waals surface area contributed by atoms with Crippen LogP contribution in [0.5, 0.6) is 23.0 Å². The number of carboxylic acids is 2. The van der Waals surface area contributed by atoms with Crippen LogP contribution in [0.25, 0.3) is 0 Å². The fraction of sp³-hybridized carbons (Fsp3) is 0.0500. The average Bonchev–Trinajstić information content (AvgIpc) is 3.08. The fourth-order valence-corrected chi connectivity index (χ4v) is 6.42. The van der Waals surface area contributed by atoms with Gasteiger partial charge in [0.2, 0.25) is 0 Å². The Balaban J connectivity index is 1.33. The summed E-state index contributed by atoms with van der Waals surface area (Å²) in [5, 5.41) is 18.8. The number of ether oxygens (including phenoxy) is 2. The molecule has 0 aliphatic heterocycles. The largest absolute Gasteiger partial charge is 0.478 e. The average molecular weight is 605 g/mol. The van der Waals surface area contributed by atoms with E-state index in [4.69, 9.17) is 9.47 Å². The SMILES string of the molecule is O=C(O)c1cccc(Oc2ccc(C3(c4ccc(Oc5cccc(C(=O)O)c5)cc4)c4ccccc4Cc4ccccc43)cc2)c1. The van der Waals surface area contributed by atoms with Crippen molar-refractivity contribution in [2.75, 3.05) is 0 Å². The van der Waals surface area contributed by atoms with Gasteiger partial charge in [-0.1, -0.05) is 84.9 Å². The van der Waals surface area contributed by atoms with Gasteiger partial charge in [0.1, 0.15) is 23.0 Å². The molecule has 0 atom stereocenters. The van der Waals surface area contributed by atoms with Crippen LogP contribution in [0.1, 0.15) is 54.1 Å². The predicted octanol–water partition coefficient (Wildman–Crippen LogP) is 8.95. The van der Waals surface area contributed by atoms with E-state index in [0.29, 0.717) is 23.0 Å². The predicted molar refractivity (Wildman–Crippen MR) is 175 cm³/mol. The minimum absolute atomic E-state index is 0.158. The second-order valence-corrected chi connectivity index (χ2v) is 11.2. The van der Waals surface area contributed by atoms with Gasteiger partial charge in [-0.25, -0.2) is 9.59 Å². The molecule has 0 aromatic heterocycles. The summed E-state index contributed by atoms with van der Waals surface area (Å²) in [4.78, 5) is 22.9. The van der Waals surface area contributed by atoms with E-state index in [1.165, 1.54) is 46.5 Å². The molecule has 0 unspecified atom stereocenters. The summed E-state index contributed by atoms with van der Waals surface area (Å²) >= 11 is 0. The second kappa shape index (κ2) is 11.7. The molecule has 0 saturated heterocycles. The Morgan fingerprint density at radius 2 is 0.891 bits per heavy atom. The molecule has 6 heteroatoms. The van der Waals surface area contributed by atoms with E-state index in [1.54, 1.807) is 24.3 Å². The van der Waals surface area contributed by atoms with E-state index >= 15 is 0 Å². The Morgan fingerprint density at radius 1 is 0.478 bits per heavy atom. The van der Waals surface area contributed by atoms with Gasteiger partial charge in [0.15, 0.2) is 0 Å². The number of carboxylic acid groups (broad SMARTS) is 2. The smallest absolute Gasteiger partial charge is 0.335 e. The number of hydrogen-bond donors (Lipinski definition) is 2. The summed E-state index contributed by atoms with van der Waals surface area (Å²) in [5.74, 6) is 0.0443. The van der Waals surface area contributed by atoms with Crippen LogP contribution in [0, 0.1) is 0 Å². The van der Waals surface area contributed by atoms with Gasteiger partial charge < -0.3 is 19.7 Å². The first-order chi connectivity index (χ1) is 22.4. The molecule has 0 saturated carbocycles. The molecule has 0 fully saturated rings. The van der Waals surface area contributed by atoms with Gasteiger partial charge in [0.25, 0.3) is 0 Å². The van der Waals surface area contributed by atoms with E-state index < -0.39 is 17.4 Å². The standard InChI is InChI=1S/C40H28O6/c41-38(42)28-9-5-11-34(24-28)45-32-19-15-30(16-20-32)40(36-13-3-1-7-26(36)23-27-8-2-4-14-37(27)40)31-17-21-33(22-18-31)46-35-12-6-10-29(25-35)39(43)44/h1-22,24-25H,23H2,(H,41,42)(H,43,44). The van der Waals surface area contributed by atoms with Gasteiger partial charge >= 0.3 is 11.9 Å². The van der Waals surface area contributed by atoms with Gasteiger partial charge in [-0.15, -0.1) is 0 Å². The molecule has 0 heterocycles. The number of fused-ring (bicyclic) bond motifs is 2. The third-order valence-corrected chi connectivity index (χ3v) is 8.43. The quantitative estimate of drug-likeness (QED) is 0.180. The van der Waals surface area contributed by atoms with Crippen molar-refractivity contribution in [3.63, 3.8) is 0 Å². The van der Waals surface area contributed by atoms with Crippen LogP contribution in [0.4, 0.5) is 0 Å². The van der Waals surface area contributed by atoms with Crippen molar-refractivity contribution in [2.24, 2.45) is 0 Å². The Hall–Kier alpha value is -6.14. The van der Waals surface area contributed by atoms with Crippen molar-refractivity contribution in [3.8, 4) is 23.0 Å². The van der Waals surface area contributed by atoms with Crippen LogP contribution >= 0.6 is 0 Å². The number of benzene rings is 6. The third kappa shape index (κ3) is 5.16. The van der Waals surface area contributed by atoms with Crippen molar-refractivity contribution >= 4 is 11.9 Å². The third-order valence-electron chi connectivity index (χ3n) is 8.43. The maximum absolute atomic E-state index is 11.5. The molecular formula is C40H28O6. The Labute approximate surface area is 265 Å². The molecule has 0 amide bonds. The lowest BCUT2D eigenvalue weighted by Crippen LogP contribution is -2.36. The molecule has 0 spiro atoms. The van der Waals surface area contributed by atoms with E-state index in [9.17, 15) is 19.8 Å². The minimum Gasteiger partial charge on any atom is -0.478 e. The molecule has 224 valence electrons. The molecule has 1 aliphatic rings. The number of rotatable bonds is 8. The summed E-state index contributed by atoms with van der Waals surface area (Å²) < 4.78 is 12.1. The van der Waals surface area contributed by atoms with Gasteiger partial charge in [0, 0.05) is 0 Å². The summed E-state index contributed by atoms with van der Waals surface area (Å²) in [6.45, 7) is 0. The van der Waals surface area contributed by atoms with Crippen molar-refractivity contribution < 1.29 is 29.3 Å². The first-order valence-corrected chi connectivity index (χ1v) is 14.8.